The molecule has 16 heavy (non-hydrogen) atoms. The van der Waals surface area contributed by atoms with E-state index < -0.39 is 0 Å². The molecule has 2 rings (SSSR count). The lowest BCUT2D eigenvalue weighted by Crippen LogP contribution is -2.01. The molecule has 1 aromatic heterocycles. The first-order valence-corrected chi connectivity index (χ1v) is 6.55. The molecule has 3 heteroatoms. The van der Waals surface area contributed by atoms with Crippen LogP contribution in [0.4, 0.5) is 0 Å². The number of benzene rings is 1. The molecule has 0 fully saturated rings. The quantitative estimate of drug-likeness (QED) is 0.823. The van der Waals surface area contributed by atoms with Crippen molar-refractivity contribution in [3.8, 4) is 0 Å². The number of rotatable bonds is 4. The molecule has 0 bridgehead atoms. The van der Waals surface area contributed by atoms with Crippen molar-refractivity contribution in [2.45, 2.75) is 24.9 Å². The molecule has 0 aliphatic rings. The third kappa shape index (κ3) is 2.36. The predicted octanol–water partition coefficient (Wildman–Crippen LogP) is 3.20. The van der Waals surface area contributed by atoms with Gasteiger partial charge in [-0.15, -0.1) is 11.8 Å². The second kappa shape index (κ2) is 5.32. The summed E-state index contributed by atoms with van der Waals surface area (Å²) in [6, 6.07) is 10.3. The largest absolute Gasteiger partial charge is 0.326 e. The van der Waals surface area contributed by atoms with Crippen LogP contribution in [0.25, 0.3) is 10.9 Å². The van der Waals surface area contributed by atoms with Gasteiger partial charge in [-0.3, -0.25) is 0 Å². The number of nitrogens with two attached hydrogens (primary N) is 1. The Hall–Kier alpha value is -1.06. The number of nitrogens with zero attached hydrogens (tertiary/aromatic N) is 1. The molecule has 1 aromatic carbocycles. The van der Waals surface area contributed by atoms with Crippen molar-refractivity contribution in [2.24, 2.45) is 5.73 Å². The number of aromatic nitrogens is 1. The Morgan fingerprint density at radius 3 is 2.88 bits per heavy atom. The molecule has 84 valence electrons. The molecule has 2 nitrogen and oxygen atoms in total. The lowest BCUT2D eigenvalue weighted by molar-refractivity contribution is 0.978. The van der Waals surface area contributed by atoms with E-state index in [9.17, 15) is 0 Å². The van der Waals surface area contributed by atoms with Crippen LogP contribution in [0.5, 0.6) is 0 Å². The maximum atomic E-state index is 5.76. The van der Waals surface area contributed by atoms with Crippen LogP contribution in [-0.4, -0.2) is 10.7 Å². The summed E-state index contributed by atoms with van der Waals surface area (Å²) in [7, 11) is 0. The van der Waals surface area contributed by atoms with Crippen molar-refractivity contribution in [3.05, 3.63) is 35.9 Å². The monoisotopic (exact) mass is 232 g/mol. The van der Waals surface area contributed by atoms with Crippen molar-refractivity contribution in [1.29, 1.82) is 0 Å². The molecule has 0 aliphatic heterocycles. The van der Waals surface area contributed by atoms with Crippen molar-refractivity contribution in [2.75, 3.05) is 5.75 Å². The average Bonchev–Trinajstić information content (AvgIpc) is 2.35. The number of thioether (sulfide) groups is 1. The molecular weight excluding hydrogens is 216 g/mol. The van der Waals surface area contributed by atoms with Gasteiger partial charge in [0.05, 0.1) is 5.52 Å². The van der Waals surface area contributed by atoms with E-state index in [1.807, 2.05) is 18.2 Å². The average molecular weight is 232 g/mol. The smallest absolute Gasteiger partial charge is 0.101 e. The molecule has 0 unspecified atom stereocenters. The molecule has 0 amide bonds. The minimum absolute atomic E-state index is 0.559. The van der Waals surface area contributed by atoms with Crippen LogP contribution in [0.15, 0.2) is 35.4 Å². The van der Waals surface area contributed by atoms with Crippen LogP contribution in [0.1, 0.15) is 18.9 Å². The summed E-state index contributed by atoms with van der Waals surface area (Å²) in [5.41, 5.74) is 7.96. The van der Waals surface area contributed by atoms with Gasteiger partial charge in [0.2, 0.25) is 0 Å². The molecule has 0 saturated heterocycles. The molecule has 2 N–H and O–H groups in total. The summed E-state index contributed by atoms with van der Waals surface area (Å²) in [6.07, 6.45) is 1.16. The molecule has 0 radical (unpaired) electrons. The maximum Gasteiger partial charge on any atom is 0.101 e. The maximum absolute atomic E-state index is 5.76. The highest BCUT2D eigenvalue weighted by Gasteiger charge is 2.05. The second-order valence-corrected chi connectivity index (χ2v) is 4.78. The zero-order valence-electron chi connectivity index (χ0n) is 9.44. The van der Waals surface area contributed by atoms with Gasteiger partial charge in [-0.05, 0) is 29.9 Å². The molecule has 2 aromatic rings. The number of para-hydroxylation sites is 1. The molecule has 1 heterocycles. The number of fused-ring (bicyclic) bond motifs is 1. The molecule has 0 aliphatic carbocycles. The Morgan fingerprint density at radius 2 is 2.12 bits per heavy atom. The van der Waals surface area contributed by atoms with E-state index in [2.05, 4.69) is 24.0 Å². The minimum atomic E-state index is 0.559. The van der Waals surface area contributed by atoms with Crippen LogP contribution in [0, 0.1) is 0 Å². The first-order valence-electron chi connectivity index (χ1n) is 5.56. The topological polar surface area (TPSA) is 38.9 Å². The van der Waals surface area contributed by atoms with Crippen LogP contribution in [-0.2, 0) is 6.54 Å². The van der Waals surface area contributed by atoms with Crippen molar-refractivity contribution in [3.63, 3.8) is 0 Å². The van der Waals surface area contributed by atoms with E-state index in [4.69, 9.17) is 5.73 Å². The van der Waals surface area contributed by atoms with E-state index in [1.54, 1.807) is 11.8 Å². The van der Waals surface area contributed by atoms with Crippen LogP contribution < -0.4 is 5.73 Å². The van der Waals surface area contributed by atoms with Crippen LogP contribution in [0.2, 0.25) is 0 Å². The first-order chi connectivity index (χ1) is 7.85. The Labute approximate surface area is 100 Å². The fourth-order valence-electron chi connectivity index (χ4n) is 1.61. The van der Waals surface area contributed by atoms with Gasteiger partial charge in [-0.1, -0.05) is 25.1 Å². The molecule has 0 saturated carbocycles. The number of pyridine rings is 1. The molecule has 0 atom stereocenters. The third-order valence-electron chi connectivity index (χ3n) is 2.43. The van der Waals surface area contributed by atoms with Crippen molar-refractivity contribution in [1.82, 2.24) is 4.98 Å². The number of hydrogen-bond donors (Lipinski definition) is 1. The van der Waals surface area contributed by atoms with Crippen molar-refractivity contribution >= 4 is 22.7 Å². The summed E-state index contributed by atoms with van der Waals surface area (Å²) in [6.45, 7) is 2.74. The summed E-state index contributed by atoms with van der Waals surface area (Å²) in [5.74, 6) is 1.10. The normalized spacial score (nSPS) is 10.9. The van der Waals surface area contributed by atoms with Gasteiger partial charge < -0.3 is 5.73 Å². The number of hydrogen-bond acceptors (Lipinski definition) is 3. The van der Waals surface area contributed by atoms with E-state index in [0.29, 0.717) is 6.54 Å². The van der Waals surface area contributed by atoms with Gasteiger partial charge in [0.15, 0.2) is 0 Å². The molecule has 0 spiro atoms. The lowest BCUT2D eigenvalue weighted by Gasteiger charge is -2.07. The van der Waals surface area contributed by atoms with Crippen LogP contribution >= 0.6 is 11.8 Å². The van der Waals surface area contributed by atoms with E-state index in [0.717, 1.165) is 28.3 Å². The van der Waals surface area contributed by atoms with Gasteiger partial charge >= 0.3 is 0 Å². The van der Waals surface area contributed by atoms with Gasteiger partial charge in [-0.25, -0.2) is 4.98 Å². The van der Waals surface area contributed by atoms with Crippen LogP contribution in [0.3, 0.4) is 0 Å². The Morgan fingerprint density at radius 1 is 1.31 bits per heavy atom. The fraction of sp³-hybridized carbons (Fsp3) is 0.308. The van der Waals surface area contributed by atoms with Gasteiger partial charge in [0, 0.05) is 11.9 Å². The highest BCUT2D eigenvalue weighted by Crippen LogP contribution is 2.25. The third-order valence-corrected chi connectivity index (χ3v) is 3.67. The SMILES string of the molecule is CCCSc1nc2ccccc2cc1CN. The Bertz CT molecular complexity index is 482. The zero-order chi connectivity index (χ0) is 11.4. The van der Waals surface area contributed by atoms with E-state index in [1.165, 1.54) is 5.39 Å². The second-order valence-electron chi connectivity index (χ2n) is 3.70. The highest BCUT2D eigenvalue weighted by atomic mass is 32.2. The van der Waals surface area contributed by atoms with E-state index in [-0.39, 0.29) is 0 Å². The predicted molar refractivity (Wildman–Crippen MR) is 70.6 cm³/mol. The summed E-state index contributed by atoms with van der Waals surface area (Å²) in [5, 5.41) is 2.26. The first kappa shape index (κ1) is 11.4. The van der Waals surface area contributed by atoms with Gasteiger partial charge in [-0.2, -0.15) is 0 Å². The lowest BCUT2D eigenvalue weighted by atomic mass is 10.1. The van der Waals surface area contributed by atoms with Crippen molar-refractivity contribution < 1.29 is 0 Å². The summed E-state index contributed by atoms with van der Waals surface area (Å²) in [4.78, 5) is 4.67. The fourth-order valence-corrected chi connectivity index (χ4v) is 2.50. The van der Waals surface area contributed by atoms with Gasteiger partial charge in [0.25, 0.3) is 0 Å². The highest BCUT2D eigenvalue weighted by molar-refractivity contribution is 7.99. The Kier molecular flexibility index (Phi) is 3.80. The summed E-state index contributed by atoms with van der Waals surface area (Å²) >= 11 is 1.80. The zero-order valence-corrected chi connectivity index (χ0v) is 10.3. The molecular formula is C13H16N2S. The van der Waals surface area contributed by atoms with Gasteiger partial charge in [0.1, 0.15) is 5.03 Å². The Balaban J connectivity index is 2.45. The van der Waals surface area contributed by atoms with E-state index >= 15 is 0 Å². The standard InChI is InChI=1S/C13H16N2S/c1-2-7-16-13-11(9-14)8-10-5-3-4-6-12(10)15-13/h3-6,8H,2,7,9,14H2,1H3. The minimum Gasteiger partial charge on any atom is -0.326 e. The summed E-state index contributed by atoms with van der Waals surface area (Å²) < 4.78 is 0.